The number of nitrogens with zero attached hydrogens (tertiary/aromatic N) is 2. The predicted octanol–water partition coefficient (Wildman–Crippen LogP) is 3.07. The van der Waals surface area contributed by atoms with Crippen LogP contribution in [0.25, 0.3) is 0 Å². The average Bonchev–Trinajstić information content (AvgIpc) is 2.73. The van der Waals surface area contributed by atoms with Crippen LogP contribution in [0.2, 0.25) is 0 Å². The highest BCUT2D eigenvalue weighted by Gasteiger charge is 2.26. The van der Waals surface area contributed by atoms with Gasteiger partial charge in [0.05, 0.1) is 6.54 Å². The number of H-pyrrole nitrogens is 1. The fourth-order valence-electron chi connectivity index (χ4n) is 3.35. The molecule has 2 aromatic carbocycles. The first-order valence-electron chi connectivity index (χ1n) is 9.98. The lowest BCUT2D eigenvalue weighted by atomic mass is 10.1. The number of rotatable bonds is 7. The van der Waals surface area contributed by atoms with Gasteiger partial charge in [0.1, 0.15) is 5.82 Å². The van der Waals surface area contributed by atoms with E-state index < -0.39 is 11.2 Å². The SMILES string of the molecule is CCCCn1c(N)c(N(Cc2ccccc2)C(=O)c2ccccc2C)c(=O)[nH]c1=O. The van der Waals surface area contributed by atoms with E-state index in [2.05, 4.69) is 4.98 Å². The van der Waals surface area contributed by atoms with Crippen molar-refractivity contribution in [2.24, 2.45) is 0 Å². The molecule has 3 aromatic rings. The first kappa shape index (κ1) is 21.1. The number of aromatic nitrogens is 2. The molecule has 0 unspecified atom stereocenters. The van der Waals surface area contributed by atoms with Crippen LogP contribution in [0, 0.1) is 6.92 Å². The Morgan fingerprint density at radius 2 is 1.73 bits per heavy atom. The normalized spacial score (nSPS) is 10.7. The van der Waals surface area contributed by atoms with Crippen molar-refractivity contribution in [3.8, 4) is 0 Å². The Bertz CT molecular complexity index is 1150. The van der Waals surface area contributed by atoms with Crippen LogP contribution in [0.4, 0.5) is 11.5 Å². The van der Waals surface area contributed by atoms with Crippen molar-refractivity contribution in [2.45, 2.75) is 39.8 Å². The molecule has 156 valence electrons. The zero-order valence-electron chi connectivity index (χ0n) is 17.2. The van der Waals surface area contributed by atoms with Gasteiger partial charge in [0.2, 0.25) is 0 Å². The number of anilines is 2. The molecule has 7 heteroatoms. The van der Waals surface area contributed by atoms with Crippen LogP contribution in [0.3, 0.4) is 0 Å². The number of unbranched alkanes of at least 4 members (excludes halogenated alkanes) is 1. The number of carbonyl (C=O) groups excluding carboxylic acids is 1. The Hall–Kier alpha value is -3.61. The van der Waals surface area contributed by atoms with Crippen LogP contribution in [0.15, 0.2) is 64.2 Å². The topological polar surface area (TPSA) is 101 Å². The van der Waals surface area contributed by atoms with Gasteiger partial charge in [-0.1, -0.05) is 61.9 Å². The summed E-state index contributed by atoms with van der Waals surface area (Å²) >= 11 is 0. The van der Waals surface area contributed by atoms with E-state index in [1.54, 1.807) is 12.1 Å². The van der Waals surface area contributed by atoms with E-state index in [4.69, 9.17) is 5.73 Å². The van der Waals surface area contributed by atoms with Crippen molar-refractivity contribution in [3.63, 3.8) is 0 Å². The Balaban J connectivity index is 2.17. The number of hydrogen-bond donors (Lipinski definition) is 2. The molecule has 0 aliphatic carbocycles. The number of benzene rings is 2. The molecular weight excluding hydrogens is 380 g/mol. The lowest BCUT2D eigenvalue weighted by Crippen LogP contribution is -2.41. The summed E-state index contributed by atoms with van der Waals surface area (Å²) in [6.45, 7) is 4.34. The van der Waals surface area contributed by atoms with E-state index in [9.17, 15) is 14.4 Å². The van der Waals surface area contributed by atoms with Crippen LogP contribution in [-0.2, 0) is 13.1 Å². The maximum Gasteiger partial charge on any atom is 0.330 e. The minimum atomic E-state index is -0.678. The number of nitrogen functional groups attached to an aromatic ring is 1. The molecule has 1 aromatic heterocycles. The van der Waals surface area contributed by atoms with Gasteiger partial charge in [0.25, 0.3) is 11.5 Å². The van der Waals surface area contributed by atoms with Crippen molar-refractivity contribution in [2.75, 3.05) is 10.6 Å². The second-order valence-electron chi connectivity index (χ2n) is 7.19. The maximum atomic E-state index is 13.5. The van der Waals surface area contributed by atoms with Crippen LogP contribution in [0.5, 0.6) is 0 Å². The molecule has 0 radical (unpaired) electrons. The summed E-state index contributed by atoms with van der Waals surface area (Å²) in [4.78, 5) is 42.3. The van der Waals surface area contributed by atoms with E-state index in [0.29, 0.717) is 12.1 Å². The van der Waals surface area contributed by atoms with Crippen LogP contribution >= 0.6 is 0 Å². The summed E-state index contributed by atoms with van der Waals surface area (Å²) in [6, 6.07) is 16.5. The number of carbonyl (C=O) groups is 1. The van der Waals surface area contributed by atoms with Crippen molar-refractivity contribution in [1.82, 2.24) is 9.55 Å². The Labute approximate surface area is 174 Å². The Morgan fingerprint density at radius 3 is 2.40 bits per heavy atom. The highest BCUT2D eigenvalue weighted by Crippen LogP contribution is 2.23. The lowest BCUT2D eigenvalue weighted by molar-refractivity contribution is 0.0984. The van der Waals surface area contributed by atoms with Crippen molar-refractivity contribution >= 4 is 17.4 Å². The third kappa shape index (κ3) is 4.35. The van der Waals surface area contributed by atoms with Gasteiger partial charge < -0.3 is 5.73 Å². The molecule has 0 aliphatic heterocycles. The van der Waals surface area contributed by atoms with Crippen molar-refractivity contribution in [1.29, 1.82) is 0 Å². The zero-order valence-corrected chi connectivity index (χ0v) is 17.2. The van der Waals surface area contributed by atoms with Gasteiger partial charge in [0, 0.05) is 12.1 Å². The fraction of sp³-hybridized carbons (Fsp3) is 0.261. The summed E-state index contributed by atoms with van der Waals surface area (Å²) in [5.74, 6) is -0.357. The molecule has 0 atom stereocenters. The molecule has 0 spiro atoms. The summed E-state index contributed by atoms with van der Waals surface area (Å²) in [5, 5.41) is 0. The number of amides is 1. The van der Waals surface area contributed by atoms with E-state index in [0.717, 1.165) is 24.0 Å². The Kier molecular flexibility index (Phi) is 6.51. The van der Waals surface area contributed by atoms with E-state index in [1.807, 2.05) is 56.3 Å². The molecular formula is C23H26N4O3. The van der Waals surface area contributed by atoms with Gasteiger partial charge in [-0.3, -0.25) is 24.0 Å². The molecule has 3 N–H and O–H groups in total. The Morgan fingerprint density at radius 1 is 1.07 bits per heavy atom. The van der Waals surface area contributed by atoms with Gasteiger partial charge >= 0.3 is 5.69 Å². The van der Waals surface area contributed by atoms with Crippen LogP contribution < -0.4 is 21.9 Å². The number of hydrogen-bond acceptors (Lipinski definition) is 4. The third-order valence-corrected chi connectivity index (χ3v) is 5.02. The highest BCUT2D eigenvalue weighted by molar-refractivity contribution is 6.08. The second kappa shape index (κ2) is 9.26. The van der Waals surface area contributed by atoms with Gasteiger partial charge in [-0.15, -0.1) is 0 Å². The first-order valence-corrected chi connectivity index (χ1v) is 9.98. The van der Waals surface area contributed by atoms with Crippen LogP contribution in [0.1, 0.15) is 41.3 Å². The van der Waals surface area contributed by atoms with Gasteiger partial charge in [-0.25, -0.2) is 4.79 Å². The quantitative estimate of drug-likeness (QED) is 0.630. The van der Waals surface area contributed by atoms with E-state index in [1.165, 1.54) is 9.47 Å². The molecule has 0 saturated heterocycles. The number of nitrogens with one attached hydrogen (secondary N) is 1. The molecule has 1 amide bonds. The summed E-state index contributed by atoms with van der Waals surface area (Å²) in [5.41, 5.74) is 7.12. The summed E-state index contributed by atoms with van der Waals surface area (Å²) in [7, 11) is 0. The van der Waals surface area contributed by atoms with Crippen molar-refractivity contribution < 1.29 is 4.79 Å². The monoisotopic (exact) mass is 406 g/mol. The van der Waals surface area contributed by atoms with Gasteiger partial charge in [-0.2, -0.15) is 0 Å². The zero-order chi connectivity index (χ0) is 21.7. The van der Waals surface area contributed by atoms with Crippen LogP contribution in [-0.4, -0.2) is 15.5 Å². The predicted molar refractivity (Wildman–Crippen MR) is 119 cm³/mol. The van der Waals surface area contributed by atoms with E-state index >= 15 is 0 Å². The number of aromatic amines is 1. The highest BCUT2D eigenvalue weighted by atomic mass is 16.2. The lowest BCUT2D eigenvalue weighted by Gasteiger charge is -2.25. The molecule has 30 heavy (non-hydrogen) atoms. The molecule has 0 bridgehead atoms. The minimum absolute atomic E-state index is 0.00457. The van der Waals surface area contributed by atoms with Gasteiger partial charge in [0.15, 0.2) is 5.69 Å². The van der Waals surface area contributed by atoms with E-state index in [-0.39, 0.29) is 24.0 Å². The summed E-state index contributed by atoms with van der Waals surface area (Å²) in [6.07, 6.45) is 1.58. The molecule has 1 heterocycles. The fourth-order valence-corrected chi connectivity index (χ4v) is 3.35. The van der Waals surface area contributed by atoms with Crippen molar-refractivity contribution in [3.05, 3.63) is 92.1 Å². The second-order valence-corrected chi connectivity index (χ2v) is 7.19. The molecule has 0 aliphatic rings. The molecule has 7 nitrogen and oxygen atoms in total. The standard InChI is InChI=1S/C23H26N4O3/c1-3-4-14-26-20(24)19(21(28)25-23(26)30)27(15-17-11-6-5-7-12-17)22(29)18-13-9-8-10-16(18)2/h5-13H,3-4,14-15,24H2,1-2H3,(H,25,28,30). The number of aryl methyl sites for hydroxylation is 1. The average molecular weight is 406 g/mol. The molecule has 0 saturated carbocycles. The molecule has 0 fully saturated rings. The maximum absolute atomic E-state index is 13.5. The summed E-state index contributed by atoms with van der Waals surface area (Å²) < 4.78 is 1.32. The third-order valence-electron chi connectivity index (χ3n) is 5.02. The largest absolute Gasteiger partial charge is 0.383 e. The first-order chi connectivity index (χ1) is 14.4. The smallest absolute Gasteiger partial charge is 0.330 e. The molecule has 3 rings (SSSR count). The number of nitrogens with two attached hydrogens (primary N) is 1. The van der Waals surface area contributed by atoms with Gasteiger partial charge in [-0.05, 0) is 30.5 Å². The minimum Gasteiger partial charge on any atom is -0.383 e.